The highest BCUT2D eigenvalue weighted by Crippen LogP contribution is 2.25. The Hall–Kier alpha value is -3.71. The molecular weight excluding hydrogens is 516 g/mol. The number of unbranched alkanes of at least 4 members (excludes halogenated alkanes) is 1. The summed E-state index contributed by atoms with van der Waals surface area (Å²) >= 11 is 0. The van der Waals surface area contributed by atoms with Gasteiger partial charge in [-0.1, -0.05) is 66.7 Å². The van der Waals surface area contributed by atoms with Gasteiger partial charge in [0.05, 0.1) is 30.5 Å². The van der Waals surface area contributed by atoms with Crippen LogP contribution in [-0.2, 0) is 38.5 Å². The lowest BCUT2D eigenvalue weighted by Crippen LogP contribution is -2.48. The minimum atomic E-state index is -0.612. The SMILES string of the molecule is C=CCCC[C@H](Cc1ccccc1)C(=O)OC[C@H](C)NC(=O)[C@H](CC=C)CC(=O)N1Cc2ccccc2C[C@H]1CO. The number of fused-ring (bicyclic) bond motifs is 1. The van der Waals surface area contributed by atoms with Gasteiger partial charge in [0.25, 0.3) is 0 Å². The monoisotopic (exact) mass is 560 g/mol. The van der Waals surface area contributed by atoms with Gasteiger partial charge in [-0.05, 0) is 62.1 Å². The van der Waals surface area contributed by atoms with Crippen LogP contribution >= 0.6 is 0 Å². The van der Waals surface area contributed by atoms with Crippen molar-refractivity contribution in [3.63, 3.8) is 0 Å². The van der Waals surface area contributed by atoms with E-state index in [1.807, 2.05) is 60.7 Å². The smallest absolute Gasteiger partial charge is 0.309 e. The van der Waals surface area contributed by atoms with Gasteiger partial charge < -0.3 is 20.1 Å². The van der Waals surface area contributed by atoms with Crippen molar-refractivity contribution in [3.8, 4) is 0 Å². The summed E-state index contributed by atoms with van der Waals surface area (Å²) < 4.78 is 5.65. The van der Waals surface area contributed by atoms with Crippen molar-refractivity contribution in [2.45, 2.75) is 70.5 Å². The lowest BCUT2D eigenvalue weighted by molar-refractivity contribution is -0.150. The third kappa shape index (κ3) is 9.71. The van der Waals surface area contributed by atoms with Crippen LogP contribution in [0.15, 0.2) is 79.9 Å². The van der Waals surface area contributed by atoms with E-state index < -0.39 is 12.0 Å². The molecule has 2 amide bonds. The number of carbonyl (C=O) groups is 3. The number of hydrogen-bond donors (Lipinski definition) is 2. The Kier molecular flexibility index (Phi) is 12.8. The van der Waals surface area contributed by atoms with E-state index in [9.17, 15) is 19.5 Å². The summed E-state index contributed by atoms with van der Waals surface area (Å²) in [7, 11) is 0. The predicted octanol–water partition coefficient (Wildman–Crippen LogP) is 4.78. The Morgan fingerprint density at radius 3 is 2.44 bits per heavy atom. The zero-order valence-corrected chi connectivity index (χ0v) is 24.2. The number of hydrogen-bond acceptors (Lipinski definition) is 5. The van der Waals surface area contributed by atoms with E-state index in [1.165, 1.54) is 0 Å². The molecular formula is C34H44N2O5. The molecule has 2 aromatic carbocycles. The number of amides is 2. The molecule has 1 aliphatic rings. The van der Waals surface area contributed by atoms with E-state index in [2.05, 4.69) is 18.5 Å². The fourth-order valence-corrected chi connectivity index (χ4v) is 5.29. The van der Waals surface area contributed by atoms with Crippen molar-refractivity contribution >= 4 is 17.8 Å². The second-order valence-corrected chi connectivity index (χ2v) is 10.9. The number of nitrogens with one attached hydrogen (secondary N) is 1. The molecule has 1 aliphatic heterocycles. The highest BCUT2D eigenvalue weighted by Gasteiger charge is 2.32. The zero-order chi connectivity index (χ0) is 29.6. The van der Waals surface area contributed by atoms with E-state index in [0.29, 0.717) is 32.2 Å². The van der Waals surface area contributed by atoms with Crippen LogP contribution in [-0.4, -0.2) is 53.1 Å². The Morgan fingerprint density at radius 2 is 1.76 bits per heavy atom. The molecule has 4 atom stereocenters. The summed E-state index contributed by atoms with van der Waals surface area (Å²) in [6, 6.07) is 17.0. The zero-order valence-electron chi connectivity index (χ0n) is 24.2. The number of ether oxygens (including phenoxy) is 1. The molecule has 0 aliphatic carbocycles. The van der Waals surface area contributed by atoms with Gasteiger partial charge >= 0.3 is 5.97 Å². The van der Waals surface area contributed by atoms with Gasteiger partial charge in [-0.3, -0.25) is 14.4 Å². The first-order valence-electron chi connectivity index (χ1n) is 14.6. The van der Waals surface area contributed by atoms with Crippen LogP contribution in [0.2, 0.25) is 0 Å². The molecule has 0 radical (unpaired) electrons. The van der Waals surface area contributed by atoms with Crippen molar-refractivity contribution in [2.75, 3.05) is 13.2 Å². The largest absolute Gasteiger partial charge is 0.463 e. The van der Waals surface area contributed by atoms with Crippen LogP contribution < -0.4 is 5.32 Å². The number of nitrogens with zero attached hydrogens (tertiary/aromatic N) is 1. The van der Waals surface area contributed by atoms with Crippen LogP contribution in [0.1, 0.15) is 55.7 Å². The molecule has 2 aromatic rings. The van der Waals surface area contributed by atoms with Crippen molar-refractivity contribution < 1.29 is 24.2 Å². The summed E-state index contributed by atoms with van der Waals surface area (Å²) in [5.74, 6) is -1.63. The number of esters is 1. The van der Waals surface area contributed by atoms with E-state index in [-0.39, 0.29) is 49.4 Å². The van der Waals surface area contributed by atoms with Crippen LogP contribution in [0, 0.1) is 11.8 Å². The fourth-order valence-electron chi connectivity index (χ4n) is 5.29. The van der Waals surface area contributed by atoms with Crippen LogP contribution in [0.3, 0.4) is 0 Å². The molecule has 0 fully saturated rings. The quantitative estimate of drug-likeness (QED) is 0.175. The van der Waals surface area contributed by atoms with E-state index in [0.717, 1.165) is 29.5 Å². The molecule has 0 spiro atoms. The van der Waals surface area contributed by atoms with Crippen molar-refractivity contribution in [1.29, 1.82) is 0 Å². The third-order valence-corrected chi connectivity index (χ3v) is 7.61. The normalized spacial score (nSPS) is 16.5. The Balaban J connectivity index is 1.55. The molecule has 1 heterocycles. The number of benzene rings is 2. The highest BCUT2D eigenvalue weighted by atomic mass is 16.5. The molecule has 7 nitrogen and oxygen atoms in total. The summed E-state index contributed by atoms with van der Waals surface area (Å²) in [6.45, 7) is 9.63. The van der Waals surface area contributed by atoms with E-state index in [4.69, 9.17) is 4.74 Å². The summed E-state index contributed by atoms with van der Waals surface area (Å²) in [4.78, 5) is 41.2. The van der Waals surface area contributed by atoms with Crippen LogP contribution in [0.25, 0.3) is 0 Å². The van der Waals surface area contributed by atoms with E-state index in [1.54, 1.807) is 17.9 Å². The summed E-state index contributed by atoms with van der Waals surface area (Å²) in [6.07, 6.45) is 7.37. The lowest BCUT2D eigenvalue weighted by Gasteiger charge is -2.36. The number of allylic oxidation sites excluding steroid dienone is 2. The third-order valence-electron chi connectivity index (χ3n) is 7.61. The number of rotatable bonds is 16. The second kappa shape index (κ2) is 16.5. The van der Waals surface area contributed by atoms with Gasteiger partial charge in [-0.25, -0.2) is 0 Å². The van der Waals surface area contributed by atoms with Crippen LogP contribution in [0.5, 0.6) is 0 Å². The van der Waals surface area contributed by atoms with Crippen molar-refractivity contribution in [3.05, 3.63) is 96.6 Å². The van der Waals surface area contributed by atoms with E-state index >= 15 is 0 Å². The molecule has 0 unspecified atom stereocenters. The molecule has 0 saturated heterocycles. The Labute approximate surface area is 244 Å². The minimum Gasteiger partial charge on any atom is -0.463 e. The molecule has 3 rings (SSSR count). The first-order chi connectivity index (χ1) is 19.9. The van der Waals surface area contributed by atoms with Gasteiger partial charge in [0.2, 0.25) is 11.8 Å². The first kappa shape index (κ1) is 31.8. The summed E-state index contributed by atoms with van der Waals surface area (Å²) in [5.41, 5.74) is 3.26. The fraction of sp³-hybridized carbons (Fsp3) is 0.441. The standard InChI is InChI=1S/C34H44N2O5/c1-4-6-8-17-29(19-26-14-9-7-10-15-26)34(40)41-24-25(3)35-33(39)28(13-5-2)21-32(38)36-22-30-18-12-11-16-27(30)20-31(36)23-37/h4-5,7,9-12,14-16,18,25,28-29,31,37H,1-2,6,8,13,17,19-24H2,3H3,(H,35,39)/t25-,28+,29+,31-/m0/s1. The molecule has 0 aromatic heterocycles. The number of carbonyl (C=O) groups excluding carboxylic acids is 3. The molecule has 0 saturated carbocycles. The van der Waals surface area contributed by atoms with Gasteiger partial charge in [0, 0.05) is 13.0 Å². The molecule has 220 valence electrons. The molecule has 7 heteroatoms. The average molecular weight is 561 g/mol. The van der Waals surface area contributed by atoms with Gasteiger partial charge in [-0.15, -0.1) is 13.2 Å². The number of aliphatic hydroxyl groups is 1. The summed E-state index contributed by atoms with van der Waals surface area (Å²) in [5, 5.41) is 12.9. The maximum absolute atomic E-state index is 13.3. The molecule has 0 bridgehead atoms. The molecule has 41 heavy (non-hydrogen) atoms. The highest BCUT2D eigenvalue weighted by molar-refractivity contribution is 5.86. The molecule has 2 N–H and O–H groups in total. The van der Waals surface area contributed by atoms with Gasteiger partial charge in [-0.2, -0.15) is 0 Å². The first-order valence-corrected chi connectivity index (χ1v) is 14.6. The maximum atomic E-state index is 13.3. The van der Waals surface area contributed by atoms with Gasteiger partial charge in [0.15, 0.2) is 0 Å². The Morgan fingerprint density at radius 1 is 1.05 bits per heavy atom. The second-order valence-electron chi connectivity index (χ2n) is 10.9. The topological polar surface area (TPSA) is 95.9 Å². The minimum absolute atomic E-state index is 0.00544. The Bertz CT molecular complexity index is 1160. The lowest BCUT2D eigenvalue weighted by atomic mass is 9.92. The average Bonchev–Trinajstić information content (AvgIpc) is 2.98. The number of aliphatic hydroxyl groups excluding tert-OH is 1. The van der Waals surface area contributed by atoms with Gasteiger partial charge in [0.1, 0.15) is 6.61 Å². The van der Waals surface area contributed by atoms with Crippen molar-refractivity contribution in [1.82, 2.24) is 10.2 Å². The predicted molar refractivity (Wildman–Crippen MR) is 161 cm³/mol. The maximum Gasteiger partial charge on any atom is 0.309 e. The van der Waals surface area contributed by atoms with Crippen LogP contribution in [0.4, 0.5) is 0 Å². The van der Waals surface area contributed by atoms with Crippen molar-refractivity contribution in [2.24, 2.45) is 11.8 Å².